The number of nitrogens with one attached hydrogen (secondary N) is 2. The van der Waals surface area contributed by atoms with Gasteiger partial charge in [-0.15, -0.1) is 0 Å². The molecule has 5 heteroatoms. The lowest BCUT2D eigenvalue weighted by Gasteiger charge is -2.12. The van der Waals surface area contributed by atoms with Gasteiger partial charge >= 0.3 is 0 Å². The van der Waals surface area contributed by atoms with Crippen LogP contribution in [-0.2, 0) is 0 Å². The zero-order chi connectivity index (χ0) is 16.2. The molecule has 0 fully saturated rings. The van der Waals surface area contributed by atoms with Crippen molar-refractivity contribution in [1.82, 2.24) is 0 Å². The van der Waals surface area contributed by atoms with Gasteiger partial charge < -0.3 is 14.6 Å². The highest BCUT2D eigenvalue weighted by Crippen LogP contribution is 2.38. The van der Waals surface area contributed by atoms with Crippen LogP contribution in [-0.4, -0.2) is 11.4 Å². The Bertz CT molecular complexity index is 836. The molecule has 3 rings (SSSR count). The minimum absolute atomic E-state index is 0.303. The SMILES string of the molecule is CSNc1cccc2c(O)c(SNc3cccc(C)c3)ccc12. The lowest BCUT2D eigenvalue weighted by atomic mass is 10.1. The molecular formula is C18H18N2OS2. The third-order valence-corrected chi connectivity index (χ3v) is 4.82. The number of phenolic OH excluding ortho intramolecular Hbond substituents is 1. The number of phenols is 1. The molecule has 3 N–H and O–H groups in total. The first-order chi connectivity index (χ1) is 11.2. The Labute approximate surface area is 144 Å². The van der Waals surface area contributed by atoms with Crippen molar-refractivity contribution >= 4 is 46.0 Å². The summed E-state index contributed by atoms with van der Waals surface area (Å²) in [5.74, 6) is 0.303. The normalized spacial score (nSPS) is 10.7. The summed E-state index contributed by atoms with van der Waals surface area (Å²) in [4.78, 5) is 0.806. The summed E-state index contributed by atoms with van der Waals surface area (Å²) in [6.07, 6.45) is 1.98. The van der Waals surface area contributed by atoms with Crippen molar-refractivity contribution in [1.29, 1.82) is 0 Å². The van der Waals surface area contributed by atoms with Gasteiger partial charge in [0.2, 0.25) is 0 Å². The van der Waals surface area contributed by atoms with Gasteiger partial charge in [-0.2, -0.15) is 0 Å². The number of hydrogen-bond donors (Lipinski definition) is 3. The van der Waals surface area contributed by atoms with Crippen molar-refractivity contribution in [3.63, 3.8) is 0 Å². The van der Waals surface area contributed by atoms with Gasteiger partial charge in [-0.1, -0.05) is 42.3 Å². The second-order valence-electron chi connectivity index (χ2n) is 5.19. The van der Waals surface area contributed by atoms with E-state index in [-0.39, 0.29) is 0 Å². The van der Waals surface area contributed by atoms with E-state index < -0.39 is 0 Å². The fourth-order valence-corrected chi connectivity index (χ4v) is 3.52. The van der Waals surface area contributed by atoms with Crippen LogP contribution in [0.3, 0.4) is 0 Å². The van der Waals surface area contributed by atoms with Gasteiger partial charge in [0.1, 0.15) is 5.75 Å². The highest BCUT2D eigenvalue weighted by Gasteiger charge is 2.10. The van der Waals surface area contributed by atoms with Crippen molar-refractivity contribution in [2.24, 2.45) is 0 Å². The summed E-state index contributed by atoms with van der Waals surface area (Å²) in [6.45, 7) is 2.06. The summed E-state index contributed by atoms with van der Waals surface area (Å²) in [5, 5.41) is 12.4. The summed E-state index contributed by atoms with van der Waals surface area (Å²) in [5.41, 5.74) is 3.23. The predicted octanol–water partition coefficient (Wildman–Crippen LogP) is 5.66. The van der Waals surface area contributed by atoms with Crippen molar-refractivity contribution in [3.05, 3.63) is 60.2 Å². The number of benzene rings is 3. The maximum absolute atomic E-state index is 10.6. The fourth-order valence-electron chi connectivity index (χ4n) is 2.43. The van der Waals surface area contributed by atoms with Gasteiger partial charge in [0.15, 0.2) is 0 Å². The molecule has 23 heavy (non-hydrogen) atoms. The number of fused-ring (bicyclic) bond motifs is 1. The molecule has 0 unspecified atom stereocenters. The van der Waals surface area contributed by atoms with Crippen LogP contribution in [0.15, 0.2) is 59.5 Å². The van der Waals surface area contributed by atoms with Crippen LogP contribution in [0.25, 0.3) is 10.8 Å². The average Bonchev–Trinajstić information content (AvgIpc) is 2.55. The van der Waals surface area contributed by atoms with Gasteiger partial charge in [0, 0.05) is 22.7 Å². The Morgan fingerprint density at radius 3 is 2.52 bits per heavy atom. The van der Waals surface area contributed by atoms with E-state index in [0.717, 1.165) is 27.0 Å². The molecule has 0 aromatic heterocycles. The molecular weight excluding hydrogens is 324 g/mol. The Hall–Kier alpha value is -1.98. The number of rotatable bonds is 5. The molecule has 0 amide bonds. The van der Waals surface area contributed by atoms with E-state index in [1.54, 1.807) is 0 Å². The number of hydrogen-bond acceptors (Lipinski definition) is 5. The Balaban J connectivity index is 1.89. The van der Waals surface area contributed by atoms with Crippen molar-refractivity contribution in [2.45, 2.75) is 11.8 Å². The van der Waals surface area contributed by atoms with Gasteiger partial charge in [-0.3, -0.25) is 0 Å². The second-order valence-corrected chi connectivity index (χ2v) is 6.65. The molecule has 0 saturated heterocycles. The zero-order valence-electron chi connectivity index (χ0n) is 13.0. The van der Waals surface area contributed by atoms with Crippen LogP contribution in [0.4, 0.5) is 11.4 Å². The molecule has 0 aliphatic heterocycles. The monoisotopic (exact) mass is 342 g/mol. The van der Waals surface area contributed by atoms with Gasteiger partial charge in [0.05, 0.1) is 10.6 Å². The summed E-state index contributed by atoms with van der Waals surface area (Å²) in [7, 11) is 0. The maximum atomic E-state index is 10.6. The van der Waals surface area contributed by atoms with Crippen LogP contribution in [0.5, 0.6) is 5.75 Å². The van der Waals surface area contributed by atoms with Crippen molar-refractivity contribution < 1.29 is 5.11 Å². The minimum Gasteiger partial charge on any atom is -0.506 e. The Kier molecular flexibility index (Phi) is 4.88. The molecule has 0 bridgehead atoms. The molecule has 0 radical (unpaired) electrons. The van der Waals surface area contributed by atoms with Crippen LogP contribution in [0, 0.1) is 6.92 Å². The van der Waals surface area contributed by atoms with Gasteiger partial charge in [0.25, 0.3) is 0 Å². The Morgan fingerprint density at radius 2 is 1.74 bits per heavy atom. The highest BCUT2D eigenvalue weighted by molar-refractivity contribution is 8.00. The summed E-state index contributed by atoms with van der Waals surface area (Å²) < 4.78 is 6.53. The average molecular weight is 342 g/mol. The van der Waals surface area contributed by atoms with Crippen LogP contribution in [0.1, 0.15) is 5.56 Å². The third-order valence-electron chi connectivity index (χ3n) is 3.50. The first kappa shape index (κ1) is 15.9. The van der Waals surface area contributed by atoms with Crippen molar-refractivity contribution in [2.75, 3.05) is 15.7 Å². The molecule has 0 saturated carbocycles. The zero-order valence-corrected chi connectivity index (χ0v) is 14.6. The molecule has 118 valence electrons. The third kappa shape index (κ3) is 3.51. The van der Waals surface area contributed by atoms with Crippen LogP contribution >= 0.6 is 23.9 Å². The Morgan fingerprint density at radius 1 is 0.913 bits per heavy atom. The van der Waals surface area contributed by atoms with E-state index in [2.05, 4.69) is 28.5 Å². The topological polar surface area (TPSA) is 44.3 Å². The quantitative estimate of drug-likeness (QED) is 0.522. The number of anilines is 2. The molecule has 0 heterocycles. The first-order valence-electron chi connectivity index (χ1n) is 7.22. The molecule has 0 aliphatic rings. The maximum Gasteiger partial charge on any atom is 0.138 e. The van der Waals surface area contributed by atoms with Crippen LogP contribution in [0.2, 0.25) is 0 Å². The van der Waals surface area contributed by atoms with Gasteiger partial charge in [-0.05, 0) is 48.7 Å². The lowest BCUT2D eigenvalue weighted by Crippen LogP contribution is -1.90. The highest BCUT2D eigenvalue weighted by atomic mass is 32.2. The molecule has 3 nitrogen and oxygen atoms in total. The van der Waals surface area contributed by atoms with E-state index in [1.807, 2.05) is 48.7 Å². The smallest absolute Gasteiger partial charge is 0.138 e. The van der Waals surface area contributed by atoms with E-state index in [1.165, 1.54) is 29.5 Å². The standard InChI is InChI=1S/C18H18N2OS2/c1-12-5-3-6-13(11-12)19-23-17-10-9-14-15(18(17)21)7-4-8-16(14)20-22-2/h3-11,19-21H,1-2H3. The molecule has 3 aromatic carbocycles. The summed E-state index contributed by atoms with van der Waals surface area (Å²) >= 11 is 2.96. The minimum atomic E-state index is 0.303. The molecule has 0 spiro atoms. The first-order valence-corrected chi connectivity index (χ1v) is 9.26. The van der Waals surface area contributed by atoms with E-state index in [4.69, 9.17) is 0 Å². The molecule has 3 aromatic rings. The number of aromatic hydroxyl groups is 1. The molecule has 0 atom stereocenters. The lowest BCUT2D eigenvalue weighted by molar-refractivity contribution is 0.469. The van der Waals surface area contributed by atoms with Gasteiger partial charge in [-0.25, -0.2) is 0 Å². The second kappa shape index (κ2) is 7.06. The van der Waals surface area contributed by atoms with E-state index >= 15 is 0 Å². The van der Waals surface area contributed by atoms with Crippen LogP contribution < -0.4 is 9.44 Å². The number of aryl methyl sites for hydroxylation is 1. The summed E-state index contributed by atoms with van der Waals surface area (Å²) in [6, 6.07) is 18.0. The van der Waals surface area contributed by atoms with E-state index in [0.29, 0.717) is 5.75 Å². The fraction of sp³-hybridized carbons (Fsp3) is 0.111. The van der Waals surface area contributed by atoms with E-state index in [9.17, 15) is 5.11 Å². The van der Waals surface area contributed by atoms with Crippen molar-refractivity contribution in [3.8, 4) is 5.75 Å². The largest absolute Gasteiger partial charge is 0.506 e. The molecule has 0 aliphatic carbocycles. The predicted molar refractivity (Wildman–Crippen MR) is 103 cm³/mol.